The average Bonchev–Trinajstić information content (AvgIpc) is 2.74. The number of hydrogen-bond donors (Lipinski definition) is 1. The molecule has 0 N–H and O–H groups in total. The van der Waals surface area contributed by atoms with Crippen molar-refractivity contribution >= 4 is 36.2 Å². The molecule has 0 spiro atoms. The van der Waals surface area contributed by atoms with E-state index in [-0.39, 0.29) is 11.2 Å². The lowest BCUT2D eigenvalue weighted by Gasteiger charge is -2.26. The highest BCUT2D eigenvalue weighted by atomic mass is 32.2. The molecular weight excluding hydrogens is 404 g/mol. The number of thiol groups is 1. The number of benzene rings is 3. The summed E-state index contributed by atoms with van der Waals surface area (Å²) in [6.45, 7) is 6.09. The van der Waals surface area contributed by atoms with Crippen LogP contribution in [-0.2, 0) is 16.6 Å². The van der Waals surface area contributed by atoms with E-state index in [0.717, 1.165) is 22.6 Å². The number of carbonyl (C=O) groups excluding carboxylic acids is 1. The quantitative estimate of drug-likeness (QED) is 0.230. The van der Waals surface area contributed by atoms with Gasteiger partial charge in [-0.05, 0) is 65.9 Å². The van der Waals surface area contributed by atoms with Gasteiger partial charge in [0.25, 0.3) is 0 Å². The zero-order valence-electron chi connectivity index (χ0n) is 17.8. The molecule has 0 amide bonds. The average molecular weight is 433 g/mol. The van der Waals surface area contributed by atoms with Crippen LogP contribution in [0.2, 0.25) is 0 Å². The third-order valence-corrected chi connectivity index (χ3v) is 6.63. The normalized spacial score (nSPS) is 11.7. The second-order valence-electron chi connectivity index (χ2n) is 7.98. The Kier molecular flexibility index (Phi) is 7.63. The first kappa shape index (κ1) is 22.5. The molecular formula is C27H28OS2. The summed E-state index contributed by atoms with van der Waals surface area (Å²) in [6, 6.07) is 25.8. The molecule has 0 aliphatic heterocycles. The Balaban J connectivity index is 1.56. The van der Waals surface area contributed by atoms with Crippen molar-refractivity contribution in [1.82, 2.24) is 0 Å². The predicted molar refractivity (Wildman–Crippen MR) is 133 cm³/mol. The number of allylic oxidation sites excluding steroid dienone is 1. The summed E-state index contributed by atoms with van der Waals surface area (Å²) in [5, 5.41) is 0. The summed E-state index contributed by atoms with van der Waals surface area (Å²) in [6.07, 6.45) is 4.49. The van der Waals surface area contributed by atoms with Gasteiger partial charge >= 0.3 is 0 Å². The first-order valence-corrected chi connectivity index (χ1v) is 11.6. The van der Waals surface area contributed by atoms with E-state index in [2.05, 4.69) is 99.3 Å². The van der Waals surface area contributed by atoms with Gasteiger partial charge in [-0.25, -0.2) is 0 Å². The van der Waals surface area contributed by atoms with E-state index in [1.807, 2.05) is 17.8 Å². The molecule has 0 radical (unpaired) electrons. The Hall–Kier alpha value is -2.23. The van der Waals surface area contributed by atoms with Crippen LogP contribution < -0.4 is 0 Å². The molecule has 0 saturated carbocycles. The van der Waals surface area contributed by atoms with E-state index >= 15 is 0 Å². The maximum absolute atomic E-state index is 11.0. The minimum absolute atomic E-state index is 0.0344. The van der Waals surface area contributed by atoms with Crippen molar-refractivity contribution < 1.29 is 4.79 Å². The number of thioether (sulfide) groups is 1. The smallest absolute Gasteiger partial charge is 0.152 e. The van der Waals surface area contributed by atoms with Gasteiger partial charge < -0.3 is 0 Å². The molecule has 30 heavy (non-hydrogen) atoms. The van der Waals surface area contributed by atoms with Gasteiger partial charge in [0.05, 0.1) is 0 Å². The Bertz CT molecular complexity index is 998. The van der Waals surface area contributed by atoms with E-state index in [1.165, 1.54) is 21.6 Å². The molecule has 1 nitrogen and oxygen atoms in total. The second kappa shape index (κ2) is 10.2. The first-order chi connectivity index (χ1) is 14.3. The lowest BCUT2D eigenvalue weighted by molar-refractivity contribution is -0.112. The van der Waals surface area contributed by atoms with Crippen molar-refractivity contribution in [1.29, 1.82) is 0 Å². The van der Waals surface area contributed by atoms with Crippen molar-refractivity contribution in [2.75, 3.05) is 5.75 Å². The zero-order chi connectivity index (χ0) is 21.6. The van der Waals surface area contributed by atoms with Gasteiger partial charge in [0.2, 0.25) is 0 Å². The molecule has 0 aliphatic carbocycles. The van der Waals surface area contributed by atoms with E-state index in [0.29, 0.717) is 0 Å². The summed E-state index contributed by atoms with van der Waals surface area (Å²) < 4.78 is 0. The van der Waals surface area contributed by atoms with Gasteiger partial charge in [0, 0.05) is 21.0 Å². The molecule has 0 saturated heterocycles. The molecule has 0 unspecified atom stereocenters. The highest BCUT2D eigenvalue weighted by molar-refractivity contribution is 7.99. The Morgan fingerprint density at radius 1 is 0.900 bits per heavy atom. The van der Waals surface area contributed by atoms with Crippen LogP contribution in [0.3, 0.4) is 0 Å². The molecule has 0 aromatic heterocycles. The van der Waals surface area contributed by atoms with Crippen LogP contribution in [0.5, 0.6) is 0 Å². The van der Waals surface area contributed by atoms with E-state index in [1.54, 1.807) is 13.0 Å². The zero-order valence-corrected chi connectivity index (χ0v) is 19.5. The monoisotopic (exact) mass is 432 g/mol. The van der Waals surface area contributed by atoms with Gasteiger partial charge in [-0.3, -0.25) is 4.79 Å². The van der Waals surface area contributed by atoms with Gasteiger partial charge in [-0.15, -0.1) is 24.4 Å². The summed E-state index contributed by atoms with van der Waals surface area (Å²) >= 11 is 6.25. The Labute approximate surface area is 190 Å². The highest BCUT2D eigenvalue weighted by Gasteiger charge is 2.22. The Morgan fingerprint density at radius 2 is 1.47 bits per heavy atom. The Morgan fingerprint density at radius 3 is 2.03 bits per heavy atom. The van der Waals surface area contributed by atoms with Crippen molar-refractivity contribution in [3.8, 4) is 0 Å². The van der Waals surface area contributed by atoms with Crippen LogP contribution in [0.15, 0.2) is 88.7 Å². The molecule has 3 heteroatoms. The molecule has 0 atom stereocenters. The van der Waals surface area contributed by atoms with E-state index in [9.17, 15) is 4.79 Å². The maximum Gasteiger partial charge on any atom is 0.152 e. The second-order valence-corrected chi connectivity index (χ2v) is 9.67. The first-order valence-electron chi connectivity index (χ1n) is 10.1. The minimum Gasteiger partial charge on any atom is -0.295 e. The topological polar surface area (TPSA) is 17.1 Å². The molecule has 3 aromatic rings. The SMILES string of the molecule is CC(=O)/C=C/c1ccc(SCCc2ccc(C(C)(C)c3ccc(S)cc3)cc2)cc1. The van der Waals surface area contributed by atoms with Gasteiger partial charge in [-0.1, -0.05) is 68.5 Å². The molecule has 3 aromatic carbocycles. The van der Waals surface area contributed by atoms with Gasteiger partial charge in [-0.2, -0.15) is 0 Å². The number of carbonyl (C=O) groups is 1. The number of ketones is 1. The predicted octanol–water partition coefficient (Wildman–Crippen LogP) is 7.24. The van der Waals surface area contributed by atoms with Crippen LogP contribution in [0.1, 0.15) is 43.0 Å². The number of aryl methyl sites for hydroxylation is 1. The van der Waals surface area contributed by atoms with E-state index < -0.39 is 0 Å². The fourth-order valence-corrected chi connectivity index (χ4v) is 4.36. The molecule has 0 heterocycles. The molecule has 0 aliphatic rings. The summed E-state index contributed by atoms with van der Waals surface area (Å²) in [5.41, 5.74) is 4.99. The summed E-state index contributed by atoms with van der Waals surface area (Å²) in [7, 11) is 0. The molecule has 154 valence electrons. The van der Waals surface area contributed by atoms with Crippen molar-refractivity contribution in [2.45, 2.75) is 42.4 Å². The molecule has 0 bridgehead atoms. The van der Waals surface area contributed by atoms with Crippen molar-refractivity contribution in [2.24, 2.45) is 0 Å². The van der Waals surface area contributed by atoms with Crippen molar-refractivity contribution in [3.63, 3.8) is 0 Å². The van der Waals surface area contributed by atoms with Crippen LogP contribution in [0, 0.1) is 0 Å². The minimum atomic E-state index is -0.0344. The number of rotatable bonds is 8. The summed E-state index contributed by atoms with van der Waals surface area (Å²) in [5.74, 6) is 1.10. The van der Waals surface area contributed by atoms with Crippen LogP contribution in [0.25, 0.3) is 6.08 Å². The lowest BCUT2D eigenvalue weighted by Crippen LogP contribution is -2.18. The standard InChI is InChI=1S/C27H28OS2/c1-20(28)4-5-21-8-16-26(17-9-21)30-19-18-22-6-10-23(11-7-22)27(2,3)24-12-14-25(29)15-13-24/h4-17,29H,18-19H2,1-3H3/b5-4+. The number of hydrogen-bond acceptors (Lipinski definition) is 3. The maximum atomic E-state index is 11.0. The lowest BCUT2D eigenvalue weighted by atomic mass is 9.78. The van der Waals surface area contributed by atoms with Crippen LogP contribution >= 0.6 is 24.4 Å². The van der Waals surface area contributed by atoms with E-state index in [4.69, 9.17) is 0 Å². The molecule has 3 rings (SSSR count). The van der Waals surface area contributed by atoms with Gasteiger partial charge in [0.1, 0.15) is 0 Å². The van der Waals surface area contributed by atoms with Crippen LogP contribution in [-0.4, -0.2) is 11.5 Å². The fraction of sp³-hybridized carbons (Fsp3) is 0.222. The fourth-order valence-electron chi connectivity index (χ4n) is 3.31. The van der Waals surface area contributed by atoms with Crippen molar-refractivity contribution in [3.05, 3.63) is 101 Å². The molecule has 0 fully saturated rings. The third kappa shape index (κ3) is 6.13. The third-order valence-electron chi connectivity index (χ3n) is 5.31. The highest BCUT2D eigenvalue weighted by Crippen LogP contribution is 2.32. The largest absolute Gasteiger partial charge is 0.295 e. The van der Waals surface area contributed by atoms with Gasteiger partial charge in [0.15, 0.2) is 5.78 Å². The summed E-state index contributed by atoms with van der Waals surface area (Å²) in [4.78, 5) is 13.3. The van der Waals surface area contributed by atoms with Crippen LogP contribution in [0.4, 0.5) is 0 Å².